The zero-order valence-corrected chi connectivity index (χ0v) is 12.2. The number of rotatable bonds is 7. The highest BCUT2D eigenvalue weighted by molar-refractivity contribution is 5.91. The SMILES string of the molecule is CCNCc1cccc(NC(=O)CC(C)(C)OC)c1. The smallest absolute Gasteiger partial charge is 0.227 e. The summed E-state index contributed by atoms with van der Waals surface area (Å²) in [5, 5.41) is 6.16. The molecule has 1 amide bonds. The Balaban J connectivity index is 2.59. The van der Waals surface area contributed by atoms with Gasteiger partial charge in [-0.2, -0.15) is 0 Å². The molecular weight excluding hydrogens is 240 g/mol. The third-order valence-corrected chi connectivity index (χ3v) is 2.93. The summed E-state index contributed by atoms with van der Waals surface area (Å²) in [4.78, 5) is 11.9. The van der Waals surface area contributed by atoms with Crippen molar-refractivity contribution < 1.29 is 9.53 Å². The monoisotopic (exact) mass is 264 g/mol. The van der Waals surface area contributed by atoms with Gasteiger partial charge in [0.2, 0.25) is 5.91 Å². The van der Waals surface area contributed by atoms with Crippen molar-refractivity contribution in [1.29, 1.82) is 0 Å². The average molecular weight is 264 g/mol. The van der Waals surface area contributed by atoms with Crippen molar-refractivity contribution in [3.05, 3.63) is 29.8 Å². The second-order valence-electron chi connectivity index (χ2n) is 5.17. The standard InChI is InChI=1S/C15H24N2O2/c1-5-16-11-12-7-6-8-13(9-12)17-14(18)10-15(2,3)19-4/h6-9,16H,5,10-11H2,1-4H3,(H,17,18). The molecule has 0 spiro atoms. The molecule has 1 aromatic rings. The van der Waals surface area contributed by atoms with Gasteiger partial charge < -0.3 is 15.4 Å². The first kappa shape index (κ1) is 15.7. The number of carbonyl (C=O) groups is 1. The largest absolute Gasteiger partial charge is 0.378 e. The van der Waals surface area contributed by atoms with Crippen molar-refractivity contribution in [1.82, 2.24) is 5.32 Å². The number of methoxy groups -OCH3 is 1. The molecular formula is C15H24N2O2. The molecule has 0 saturated carbocycles. The molecule has 0 fully saturated rings. The number of hydrogen-bond donors (Lipinski definition) is 2. The normalized spacial score (nSPS) is 11.4. The Hall–Kier alpha value is -1.39. The van der Waals surface area contributed by atoms with Gasteiger partial charge in [-0.3, -0.25) is 4.79 Å². The maximum Gasteiger partial charge on any atom is 0.227 e. The molecule has 0 bridgehead atoms. The minimum absolute atomic E-state index is 0.0348. The van der Waals surface area contributed by atoms with Gasteiger partial charge in [-0.05, 0) is 38.1 Å². The van der Waals surface area contributed by atoms with Crippen LogP contribution in [0.5, 0.6) is 0 Å². The van der Waals surface area contributed by atoms with Crippen LogP contribution in [0.1, 0.15) is 32.8 Å². The van der Waals surface area contributed by atoms with E-state index in [-0.39, 0.29) is 5.91 Å². The molecule has 1 rings (SSSR count). The van der Waals surface area contributed by atoms with Crippen LogP contribution in [0.15, 0.2) is 24.3 Å². The summed E-state index contributed by atoms with van der Waals surface area (Å²) in [6.07, 6.45) is 0.334. The van der Waals surface area contributed by atoms with Crippen molar-refractivity contribution in [3.8, 4) is 0 Å². The first-order valence-corrected chi connectivity index (χ1v) is 6.61. The summed E-state index contributed by atoms with van der Waals surface area (Å²) in [5.74, 6) is -0.0348. The fourth-order valence-corrected chi connectivity index (χ4v) is 1.69. The lowest BCUT2D eigenvalue weighted by molar-refractivity contribution is -0.121. The molecule has 0 aliphatic carbocycles. The molecule has 106 valence electrons. The first-order chi connectivity index (χ1) is 8.96. The van der Waals surface area contributed by atoms with Crippen molar-refractivity contribution in [2.75, 3.05) is 19.0 Å². The summed E-state index contributed by atoms with van der Waals surface area (Å²) in [6, 6.07) is 7.87. The van der Waals surface area contributed by atoms with Gasteiger partial charge in [0.25, 0.3) is 0 Å². The van der Waals surface area contributed by atoms with Gasteiger partial charge >= 0.3 is 0 Å². The van der Waals surface area contributed by atoms with Gasteiger partial charge in [0.05, 0.1) is 12.0 Å². The van der Waals surface area contributed by atoms with E-state index in [4.69, 9.17) is 4.74 Å². The van der Waals surface area contributed by atoms with Gasteiger partial charge in [-0.1, -0.05) is 19.1 Å². The van der Waals surface area contributed by atoms with Gasteiger partial charge in [0.1, 0.15) is 0 Å². The third-order valence-electron chi connectivity index (χ3n) is 2.93. The maximum absolute atomic E-state index is 11.9. The molecule has 0 radical (unpaired) electrons. The van der Waals surface area contributed by atoms with Crippen molar-refractivity contribution in [2.24, 2.45) is 0 Å². The molecule has 0 atom stereocenters. The van der Waals surface area contributed by atoms with E-state index in [0.29, 0.717) is 6.42 Å². The number of carbonyl (C=O) groups excluding carboxylic acids is 1. The predicted octanol–water partition coefficient (Wildman–Crippen LogP) is 2.55. The number of hydrogen-bond acceptors (Lipinski definition) is 3. The quantitative estimate of drug-likeness (QED) is 0.795. The van der Waals surface area contributed by atoms with Crippen LogP contribution in [0.2, 0.25) is 0 Å². The number of amides is 1. The van der Waals surface area contributed by atoms with E-state index in [1.807, 2.05) is 38.1 Å². The summed E-state index contributed by atoms with van der Waals surface area (Å²) in [7, 11) is 1.62. The summed E-state index contributed by atoms with van der Waals surface area (Å²) in [6.45, 7) is 7.60. The van der Waals surface area contributed by atoms with Crippen molar-refractivity contribution >= 4 is 11.6 Å². The molecule has 4 nitrogen and oxygen atoms in total. The first-order valence-electron chi connectivity index (χ1n) is 6.61. The second kappa shape index (κ2) is 7.26. The van der Waals surface area contributed by atoms with E-state index in [9.17, 15) is 4.79 Å². The number of benzene rings is 1. The van der Waals surface area contributed by atoms with Crippen LogP contribution in [0, 0.1) is 0 Å². The molecule has 0 heterocycles. The highest BCUT2D eigenvalue weighted by Gasteiger charge is 2.20. The Kier molecular flexibility index (Phi) is 5.99. The number of anilines is 1. The summed E-state index contributed by atoms with van der Waals surface area (Å²) >= 11 is 0. The lowest BCUT2D eigenvalue weighted by Crippen LogP contribution is -2.29. The van der Waals surface area contributed by atoms with E-state index >= 15 is 0 Å². The topological polar surface area (TPSA) is 50.4 Å². The van der Waals surface area contributed by atoms with E-state index < -0.39 is 5.60 Å². The average Bonchev–Trinajstić information content (AvgIpc) is 2.36. The van der Waals surface area contributed by atoms with Crippen LogP contribution < -0.4 is 10.6 Å². The van der Waals surface area contributed by atoms with E-state index in [0.717, 1.165) is 24.3 Å². The van der Waals surface area contributed by atoms with Crippen molar-refractivity contribution in [2.45, 2.75) is 39.3 Å². The zero-order valence-electron chi connectivity index (χ0n) is 12.2. The minimum Gasteiger partial charge on any atom is -0.378 e. The Morgan fingerprint density at radius 1 is 1.37 bits per heavy atom. The van der Waals surface area contributed by atoms with Crippen LogP contribution in [-0.2, 0) is 16.1 Å². The van der Waals surface area contributed by atoms with Gasteiger partial charge in [-0.25, -0.2) is 0 Å². The third kappa shape index (κ3) is 5.85. The Labute approximate surface area is 115 Å². The molecule has 4 heteroatoms. The second-order valence-corrected chi connectivity index (χ2v) is 5.17. The molecule has 2 N–H and O–H groups in total. The fraction of sp³-hybridized carbons (Fsp3) is 0.533. The summed E-state index contributed by atoms with van der Waals surface area (Å²) < 4.78 is 5.25. The lowest BCUT2D eigenvalue weighted by atomic mass is 10.0. The number of nitrogens with one attached hydrogen (secondary N) is 2. The van der Waals surface area contributed by atoms with Gasteiger partial charge in [0.15, 0.2) is 0 Å². The van der Waals surface area contributed by atoms with E-state index in [1.54, 1.807) is 7.11 Å². The van der Waals surface area contributed by atoms with E-state index in [1.165, 1.54) is 0 Å². The van der Waals surface area contributed by atoms with Crippen LogP contribution in [0.25, 0.3) is 0 Å². The Morgan fingerprint density at radius 2 is 2.11 bits per heavy atom. The van der Waals surface area contributed by atoms with Gasteiger partial charge in [0, 0.05) is 19.3 Å². The predicted molar refractivity (Wildman–Crippen MR) is 78.2 cm³/mol. The molecule has 0 aliphatic rings. The summed E-state index contributed by atoms with van der Waals surface area (Å²) in [5.41, 5.74) is 1.55. The van der Waals surface area contributed by atoms with Gasteiger partial charge in [-0.15, -0.1) is 0 Å². The molecule has 0 aromatic heterocycles. The Bertz CT molecular complexity index is 416. The molecule has 19 heavy (non-hydrogen) atoms. The van der Waals surface area contributed by atoms with Crippen LogP contribution in [0.3, 0.4) is 0 Å². The Morgan fingerprint density at radius 3 is 2.74 bits per heavy atom. The maximum atomic E-state index is 11.9. The zero-order chi connectivity index (χ0) is 14.3. The highest BCUT2D eigenvalue weighted by atomic mass is 16.5. The van der Waals surface area contributed by atoms with Crippen LogP contribution in [0.4, 0.5) is 5.69 Å². The van der Waals surface area contributed by atoms with Crippen LogP contribution in [-0.4, -0.2) is 25.2 Å². The van der Waals surface area contributed by atoms with E-state index in [2.05, 4.69) is 17.6 Å². The molecule has 0 saturated heterocycles. The lowest BCUT2D eigenvalue weighted by Gasteiger charge is -2.22. The molecule has 0 aliphatic heterocycles. The molecule has 1 aromatic carbocycles. The fourth-order valence-electron chi connectivity index (χ4n) is 1.69. The van der Waals surface area contributed by atoms with Crippen molar-refractivity contribution in [3.63, 3.8) is 0 Å². The highest BCUT2D eigenvalue weighted by Crippen LogP contribution is 2.16. The molecule has 0 unspecified atom stereocenters. The minimum atomic E-state index is -0.439. The van der Waals surface area contributed by atoms with Crippen LogP contribution >= 0.6 is 0 Å². The number of ether oxygens (including phenoxy) is 1.